The lowest BCUT2D eigenvalue weighted by Gasteiger charge is -2.36. The number of aliphatic hydroxyl groups excluding tert-OH is 1. The van der Waals surface area contributed by atoms with Crippen molar-refractivity contribution in [2.45, 2.75) is 6.10 Å². The molecule has 0 spiro atoms. The summed E-state index contributed by atoms with van der Waals surface area (Å²) in [5.41, 5.74) is 1.04. The van der Waals surface area contributed by atoms with E-state index in [0.717, 1.165) is 31.9 Å². The summed E-state index contributed by atoms with van der Waals surface area (Å²) in [7, 11) is 0. The van der Waals surface area contributed by atoms with Crippen LogP contribution in [0.15, 0.2) is 48.5 Å². The topological polar surface area (TPSA) is 79.1 Å². The summed E-state index contributed by atoms with van der Waals surface area (Å²) in [6, 6.07) is 12.3. The van der Waals surface area contributed by atoms with Gasteiger partial charge in [-0.15, -0.1) is 0 Å². The van der Waals surface area contributed by atoms with Gasteiger partial charge in [0, 0.05) is 50.5 Å². The average molecular weight is 375 g/mol. The van der Waals surface area contributed by atoms with Crippen molar-refractivity contribution < 1.29 is 19.2 Å². The minimum atomic E-state index is -0.638. The van der Waals surface area contributed by atoms with E-state index in [1.807, 2.05) is 0 Å². The van der Waals surface area contributed by atoms with E-state index in [0.29, 0.717) is 12.3 Å². The van der Waals surface area contributed by atoms with E-state index in [1.54, 1.807) is 12.1 Å². The zero-order valence-electron chi connectivity index (χ0n) is 14.8. The van der Waals surface area contributed by atoms with E-state index in [4.69, 9.17) is 4.74 Å². The van der Waals surface area contributed by atoms with Crippen molar-refractivity contribution in [2.75, 3.05) is 44.2 Å². The Balaban J connectivity index is 1.42. The van der Waals surface area contributed by atoms with Crippen LogP contribution in [0.3, 0.4) is 0 Å². The quantitative estimate of drug-likeness (QED) is 0.591. The van der Waals surface area contributed by atoms with E-state index < -0.39 is 11.0 Å². The maximum atomic E-state index is 12.9. The lowest BCUT2D eigenvalue weighted by Crippen LogP contribution is -2.49. The van der Waals surface area contributed by atoms with Gasteiger partial charge in [0.2, 0.25) is 0 Å². The standard InChI is InChI=1S/C19H22FN3O4/c20-15-1-7-19(8-2-15)27-14-18(24)13-21-9-11-22(12-10-21)16-3-5-17(6-4-16)23(25)26/h1-8,18,24H,9-14H2/t18-/m1/s1. The van der Waals surface area contributed by atoms with Crippen LogP contribution in [-0.2, 0) is 0 Å². The Morgan fingerprint density at radius 2 is 1.70 bits per heavy atom. The van der Waals surface area contributed by atoms with Gasteiger partial charge in [0.1, 0.15) is 24.3 Å². The van der Waals surface area contributed by atoms with Crippen molar-refractivity contribution in [3.63, 3.8) is 0 Å². The van der Waals surface area contributed by atoms with Gasteiger partial charge in [0.25, 0.3) is 5.69 Å². The molecule has 2 aromatic rings. The first-order valence-electron chi connectivity index (χ1n) is 8.79. The number of hydrogen-bond donors (Lipinski definition) is 1. The number of anilines is 1. The van der Waals surface area contributed by atoms with Crippen LogP contribution in [0.5, 0.6) is 5.75 Å². The Labute approximate surface area is 156 Å². The Bertz CT molecular complexity index is 747. The predicted octanol–water partition coefficient (Wildman–Crippen LogP) is 2.30. The number of ether oxygens (including phenoxy) is 1. The Morgan fingerprint density at radius 1 is 1.07 bits per heavy atom. The molecule has 0 bridgehead atoms. The summed E-state index contributed by atoms with van der Waals surface area (Å²) in [6.07, 6.45) is -0.638. The summed E-state index contributed by atoms with van der Waals surface area (Å²) < 4.78 is 18.3. The monoisotopic (exact) mass is 375 g/mol. The van der Waals surface area contributed by atoms with E-state index in [2.05, 4.69) is 9.80 Å². The second kappa shape index (κ2) is 8.79. The SMILES string of the molecule is O=[N+]([O-])c1ccc(N2CCN(C[C@@H](O)COc3ccc(F)cc3)CC2)cc1. The number of non-ortho nitro benzene ring substituents is 1. The van der Waals surface area contributed by atoms with Crippen LogP contribution in [0.1, 0.15) is 0 Å². The third-order valence-electron chi connectivity index (χ3n) is 4.52. The molecule has 27 heavy (non-hydrogen) atoms. The molecular weight excluding hydrogens is 353 g/mol. The number of hydrogen-bond acceptors (Lipinski definition) is 6. The third-order valence-corrected chi connectivity index (χ3v) is 4.52. The van der Waals surface area contributed by atoms with Crippen molar-refractivity contribution in [2.24, 2.45) is 0 Å². The molecule has 1 heterocycles. The Kier molecular flexibility index (Phi) is 6.20. The molecule has 7 nitrogen and oxygen atoms in total. The van der Waals surface area contributed by atoms with Crippen LogP contribution >= 0.6 is 0 Å². The molecule has 1 N–H and O–H groups in total. The van der Waals surface area contributed by atoms with Gasteiger partial charge in [-0.05, 0) is 36.4 Å². The molecule has 8 heteroatoms. The largest absolute Gasteiger partial charge is 0.491 e. The molecule has 1 aliphatic rings. The van der Waals surface area contributed by atoms with Gasteiger partial charge in [0.15, 0.2) is 0 Å². The minimum Gasteiger partial charge on any atom is -0.491 e. The predicted molar refractivity (Wildman–Crippen MR) is 99.7 cm³/mol. The number of nitro benzene ring substituents is 1. The summed E-state index contributed by atoms with van der Waals surface area (Å²) in [5, 5.41) is 20.9. The summed E-state index contributed by atoms with van der Waals surface area (Å²) in [5.74, 6) is 0.201. The second-order valence-corrected chi connectivity index (χ2v) is 6.48. The molecule has 0 aliphatic carbocycles. The van der Waals surface area contributed by atoms with Gasteiger partial charge in [-0.3, -0.25) is 15.0 Å². The molecule has 0 amide bonds. The number of halogens is 1. The van der Waals surface area contributed by atoms with Crippen LogP contribution in [-0.4, -0.2) is 60.4 Å². The van der Waals surface area contributed by atoms with E-state index >= 15 is 0 Å². The number of β-amino-alcohol motifs (C(OH)–C–C–N with tert-alkyl or cyclic N) is 1. The summed E-state index contributed by atoms with van der Waals surface area (Å²) in [4.78, 5) is 14.6. The first-order valence-corrected chi connectivity index (χ1v) is 8.79. The fourth-order valence-electron chi connectivity index (χ4n) is 3.05. The van der Waals surface area contributed by atoms with Crippen molar-refractivity contribution >= 4 is 11.4 Å². The van der Waals surface area contributed by atoms with Crippen LogP contribution < -0.4 is 9.64 Å². The van der Waals surface area contributed by atoms with Crippen LogP contribution in [0.2, 0.25) is 0 Å². The first-order chi connectivity index (χ1) is 13.0. The normalized spacial score (nSPS) is 16.1. The van der Waals surface area contributed by atoms with E-state index in [-0.39, 0.29) is 18.1 Å². The van der Waals surface area contributed by atoms with Gasteiger partial charge < -0.3 is 14.7 Å². The molecule has 1 saturated heterocycles. The van der Waals surface area contributed by atoms with E-state index in [9.17, 15) is 19.6 Å². The molecule has 0 radical (unpaired) electrons. The second-order valence-electron chi connectivity index (χ2n) is 6.48. The van der Waals surface area contributed by atoms with Gasteiger partial charge in [-0.1, -0.05) is 0 Å². The highest BCUT2D eigenvalue weighted by Gasteiger charge is 2.20. The molecule has 0 saturated carbocycles. The molecule has 0 aromatic heterocycles. The molecule has 0 unspecified atom stereocenters. The molecule has 1 fully saturated rings. The molecule has 144 valence electrons. The number of aliphatic hydroxyl groups is 1. The average Bonchev–Trinajstić information content (AvgIpc) is 2.68. The third kappa shape index (κ3) is 5.38. The summed E-state index contributed by atoms with van der Waals surface area (Å²) in [6.45, 7) is 3.77. The van der Waals surface area contributed by atoms with Crippen LogP contribution in [0.4, 0.5) is 15.8 Å². The molecular formula is C19H22FN3O4. The maximum absolute atomic E-state index is 12.9. The zero-order valence-corrected chi connectivity index (χ0v) is 14.8. The number of piperazine rings is 1. The first kappa shape index (κ1) is 19.1. The summed E-state index contributed by atoms with van der Waals surface area (Å²) >= 11 is 0. The molecule has 1 aliphatic heterocycles. The smallest absolute Gasteiger partial charge is 0.269 e. The highest BCUT2D eigenvalue weighted by atomic mass is 19.1. The van der Waals surface area contributed by atoms with Crippen molar-refractivity contribution in [1.82, 2.24) is 4.90 Å². The fraction of sp³-hybridized carbons (Fsp3) is 0.368. The van der Waals surface area contributed by atoms with E-state index in [1.165, 1.54) is 36.4 Å². The van der Waals surface area contributed by atoms with Gasteiger partial charge in [0.05, 0.1) is 4.92 Å². The van der Waals surface area contributed by atoms with Crippen molar-refractivity contribution in [3.8, 4) is 5.75 Å². The minimum absolute atomic E-state index is 0.0849. The zero-order chi connectivity index (χ0) is 19.2. The van der Waals surface area contributed by atoms with Crippen LogP contribution in [0.25, 0.3) is 0 Å². The maximum Gasteiger partial charge on any atom is 0.269 e. The number of nitro groups is 1. The van der Waals surface area contributed by atoms with Gasteiger partial charge in [-0.2, -0.15) is 0 Å². The number of nitrogens with zero attached hydrogens (tertiary/aromatic N) is 3. The lowest BCUT2D eigenvalue weighted by atomic mass is 10.2. The lowest BCUT2D eigenvalue weighted by molar-refractivity contribution is -0.384. The fourth-order valence-corrected chi connectivity index (χ4v) is 3.05. The van der Waals surface area contributed by atoms with Crippen molar-refractivity contribution in [1.29, 1.82) is 0 Å². The van der Waals surface area contributed by atoms with Gasteiger partial charge >= 0.3 is 0 Å². The molecule has 1 atom stereocenters. The van der Waals surface area contributed by atoms with Crippen LogP contribution in [0, 0.1) is 15.9 Å². The molecule has 2 aromatic carbocycles. The van der Waals surface area contributed by atoms with Crippen molar-refractivity contribution in [3.05, 3.63) is 64.5 Å². The number of rotatable bonds is 7. The molecule has 3 rings (SSSR count). The van der Waals surface area contributed by atoms with Gasteiger partial charge in [-0.25, -0.2) is 4.39 Å². The highest BCUT2D eigenvalue weighted by Crippen LogP contribution is 2.20. The highest BCUT2D eigenvalue weighted by molar-refractivity contribution is 5.51. The Morgan fingerprint density at radius 3 is 2.30 bits per heavy atom. The number of benzene rings is 2. The Hall–Kier alpha value is -2.71.